The van der Waals surface area contributed by atoms with Gasteiger partial charge in [0.25, 0.3) is 0 Å². The van der Waals surface area contributed by atoms with Crippen LogP contribution in [0.25, 0.3) is 0 Å². The number of hydrogen-bond acceptors (Lipinski definition) is 3. The maximum atomic E-state index is 13.0. The van der Waals surface area contributed by atoms with Gasteiger partial charge in [0.15, 0.2) is 0 Å². The highest BCUT2D eigenvalue weighted by molar-refractivity contribution is 9.10. The second kappa shape index (κ2) is 5.22. The topological polar surface area (TPSA) is 59.7 Å². The summed E-state index contributed by atoms with van der Waals surface area (Å²) < 4.78 is 23.4. The molecule has 0 atom stereocenters. The first-order chi connectivity index (χ1) is 8.58. The van der Waals surface area contributed by atoms with Crippen molar-refractivity contribution in [3.63, 3.8) is 0 Å². The molecule has 0 aliphatic carbocycles. The molecule has 0 spiro atoms. The van der Waals surface area contributed by atoms with E-state index < -0.39 is 11.8 Å². The van der Waals surface area contributed by atoms with Crippen molar-refractivity contribution in [1.29, 1.82) is 0 Å². The zero-order valence-corrected chi connectivity index (χ0v) is 10.6. The summed E-state index contributed by atoms with van der Waals surface area (Å²) in [5.74, 6) is -1.27. The van der Waals surface area contributed by atoms with E-state index >= 15 is 0 Å². The number of benzene rings is 1. The highest BCUT2D eigenvalue weighted by Gasteiger charge is 2.14. The predicted molar refractivity (Wildman–Crippen MR) is 64.1 cm³/mol. The molecule has 1 aromatic carbocycles. The van der Waals surface area contributed by atoms with Gasteiger partial charge < -0.3 is 14.3 Å². The minimum Gasteiger partial charge on any atom is -0.489 e. The number of rotatable bonds is 4. The van der Waals surface area contributed by atoms with Crippen molar-refractivity contribution in [1.82, 2.24) is 0 Å². The molecule has 0 saturated heterocycles. The molecule has 2 rings (SSSR count). The van der Waals surface area contributed by atoms with E-state index in [4.69, 9.17) is 14.3 Å². The first-order valence-corrected chi connectivity index (χ1v) is 5.74. The Kier molecular flexibility index (Phi) is 3.66. The van der Waals surface area contributed by atoms with Crippen molar-refractivity contribution in [3.8, 4) is 5.75 Å². The average Bonchev–Trinajstić information content (AvgIpc) is 2.79. The molecule has 1 aromatic heterocycles. The summed E-state index contributed by atoms with van der Waals surface area (Å²) in [4.78, 5) is 10.8. The Morgan fingerprint density at radius 3 is 2.89 bits per heavy atom. The van der Waals surface area contributed by atoms with E-state index in [1.165, 1.54) is 30.5 Å². The lowest BCUT2D eigenvalue weighted by molar-refractivity contribution is 0.0658. The van der Waals surface area contributed by atoms with Crippen molar-refractivity contribution >= 4 is 21.9 Å². The van der Waals surface area contributed by atoms with Crippen molar-refractivity contribution in [2.75, 3.05) is 0 Å². The zero-order valence-electron chi connectivity index (χ0n) is 9.02. The summed E-state index contributed by atoms with van der Waals surface area (Å²) in [6.07, 6.45) is 1.28. The van der Waals surface area contributed by atoms with Crippen molar-refractivity contribution < 1.29 is 23.4 Å². The molecular formula is C12H8BrFO4. The van der Waals surface area contributed by atoms with Gasteiger partial charge in [-0.3, -0.25) is 0 Å². The minimum absolute atomic E-state index is 0.0379. The predicted octanol–water partition coefficient (Wildman–Crippen LogP) is 3.46. The highest BCUT2D eigenvalue weighted by Crippen LogP contribution is 2.23. The van der Waals surface area contributed by atoms with E-state index in [1.807, 2.05) is 0 Å². The van der Waals surface area contributed by atoms with Gasteiger partial charge in [0.2, 0.25) is 5.76 Å². The molecule has 6 heteroatoms. The van der Waals surface area contributed by atoms with Crippen LogP contribution in [0.4, 0.5) is 4.39 Å². The van der Waals surface area contributed by atoms with Gasteiger partial charge in [0, 0.05) is 5.56 Å². The van der Waals surface area contributed by atoms with E-state index in [0.717, 1.165) is 0 Å². The normalized spacial score (nSPS) is 10.3. The lowest BCUT2D eigenvalue weighted by Gasteiger charge is -2.06. The van der Waals surface area contributed by atoms with E-state index in [-0.39, 0.29) is 16.8 Å². The molecule has 0 bridgehead atoms. The van der Waals surface area contributed by atoms with Crippen LogP contribution in [0.3, 0.4) is 0 Å². The molecule has 0 amide bonds. The van der Waals surface area contributed by atoms with Crippen LogP contribution in [0.15, 0.2) is 39.4 Å². The van der Waals surface area contributed by atoms with Gasteiger partial charge in [0.1, 0.15) is 18.2 Å². The van der Waals surface area contributed by atoms with E-state index in [1.54, 1.807) is 0 Å². The maximum Gasteiger partial charge on any atom is 0.372 e. The monoisotopic (exact) mass is 314 g/mol. The largest absolute Gasteiger partial charge is 0.489 e. The fraction of sp³-hybridized carbons (Fsp3) is 0.0833. The van der Waals surface area contributed by atoms with Crippen LogP contribution in [-0.4, -0.2) is 11.1 Å². The lowest BCUT2D eigenvalue weighted by atomic mass is 10.2. The molecule has 1 N–H and O–H groups in total. The Hall–Kier alpha value is -1.82. The van der Waals surface area contributed by atoms with Gasteiger partial charge in [-0.1, -0.05) is 0 Å². The summed E-state index contributed by atoms with van der Waals surface area (Å²) in [5.41, 5.74) is 0.419. The summed E-state index contributed by atoms with van der Waals surface area (Å²) >= 11 is 3.03. The first kappa shape index (κ1) is 12.6. The summed E-state index contributed by atoms with van der Waals surface area (Å²) in [7, 11) is 0. The number of furan rings is 1. The smallest absolute Gasteiger partial charge is 0.372 e. The average molecular weight is 315 g/mol. The zero-order chi connectivity index (χ0) is 13.1. The molecule has 0 aliphatic rings. The fourth-order valence-corrected chi connectivity index (χ4v) is 1.72. The number of ether oxygens (including phenoxy) is 1. The van der Waals surface area contributed by atoms with Gasteiger partial charge in [0.05, 0.1) is 10.7 Å². The fourth-order valence-electron chi connectivity index (χ4n) is 1.36. The molecule has 4 nitrogen and oxygen atoms in total. The third-order valence-corrected chi connectivity index (χ3v) is 2.83. The number of halogens is 2. The third-order valence-electron chi connectivity index (χ3n) is 2.23. The Labute approximate surface area is 110 Å². The number of carboxylic acids is 1. The number of carbonyl (C=O) groups is 1. The molecule has 0 saturated carbocycles. The number of hydrogen-bond donors (Lipinski definition) is 1. The number of carboxylic acid groups (broad SMARTS) is 1. The molecule has 0 aliphatic heterocycles. The van der Waals surface area contributed by atoms with E-state index in [2.05, 4.69) is 15.9 Å². The molecule has 94 valence electrons. The summed E-state index contributed by atoms with van der Waals surface area (Å²) in [6.45, 7) is 0.0379. The molecular weight excluding hydrogens is 307 g/mol. The molecule has 0 radical (unpaired) electrons. The SMILES string of the molecule is O=C(O)c1occc1COc1ccc(F)c(Br)c1. The van der Waals surface area contributed by atoms with Gasteiger partial charge >= 0.3 is 5.97 Å². The van der Waals surface area contributed by atoms with Crippen molar-refractivity contribution in [2.45, 2.75) is 6.61 Å². The van der Waals surface area contributed by atoms with Crippen LogP contribution in [0.5, 0.6) is 5.75 Å². The summed E-state index contributed by atoms with van der Waals surface area (Å²) in [5, 5.41) is 8.83. The number of aromatic carboxylic acids is 1. The Bertz CT molecular complexity index is 579. The van der Waals surface area contributed by atoms with Gasteiger partial charge in [-0.2, -0.15) is 0 Å². The Morgan fingerprint density at radius 1 is 1.44 bits per heavy atom. The molecule has 0 fully saturated rings. The maximum absolute atomic E-state index is 13.0. The molecule has 18 heavy (non-hydrogen) atoms. The standard InChI is InChI=1S/C12H8BrFO4/c13-9-5-8(1-2-10(9)14)18-6-7-3-4-17-11(7)12(15)16/h1-5H,6H2,(H,15,16). The molecule has 2 aromatic rings. The minimum atomic E-state index is -1.15. The van der Waals surface area contributed by atoms with Crippen LogP contribution in [0, 0.1) is 5.82 Å². The van der Waals surface area contributed by atoms with Crippen LogP contribution in [0.2, 0.25) is 0 Å². The van der Waals surface area contributed by atoms with Crippen LogP contribution >= 0.6 is 15.9 Å². The van der Waals surface area contributed by atoms with Gasteiger partial charge in [-0.15, -0.1) is 0 Å². The Balaban J connectivity index is 2.09. The van der Waals surface area contributed by atoms with Gasteiger partial charge in [-0.25, -0.2) is 9.18 Å². The second-order valence-corrected chi connectivity index (χ2v) is 4.30. The van der Waals surface area contributed by atoms with Gasteiger partial charge in [-0.05, 0) is 40.2 Å². The molecule has 0 unspecified atom stereocenters. The van der Waals surface area contributed by atoms with Crippen molar-refractivity contribution in [3.05, 3.63) is 52.1 Å². The quantitative estimate of drug-likeness (QED) is 0.939. The lowest BCUT2D eigenvalue weighted by Crippen LogP contribution is -2.02. The first-order valence-electron chi connectivity index (χ1n) is 4.95. The van der Waals surface area contributed by atoms with Crippen LogP contribution < -0.4 is 4.74 Å². The van der Waals surface area contributed by atoms with Crippen molar-refractivity contribution in [2.24, 2.45) is 0 Å². The third kappa shape index (κ3) is 2.70. The van der Waals surface area contributed by atoms with E-state index in [9.17, 15) is 9.18 Å². The highest BCUT2D eigenvalue weighted by atomic mass is 79.9. The van der Waals surface area contributed by atoms with E-state index in [0.29, 0.717) is 11.3 Å². The summed E-state index contributed by atoms with van der Waals surface area (Å²) in [6, 6.07) is 5.70. The van der Waals surface area contributed by atoms with Crippen LogP contribution in [-0.2, 0) is 6.61 Å². The molecule has 1 heterocycles. The second-order valence-electron chi connectivity index (χ2n) is 3.44. The Morgan fingerprint density at radius 2 is 2.22 bits per heavy atom. The van der Waals surface area contributed by atoms with Crippen LogP contribution in [0.1, 0.15) is 16.1 Å².